The van der Waals surface area contributed by atoms with Crippen molar-refractivity contribution in [3.8, 4) is 5.00 Å². The number of aliphatic imine (C=N–C) groups is 1. The van der Waals surface area contributed by atoms with E-state index in [1.807, 2.05) is 35.8 Å². The molecule has 0 aliphatic carbocycles. The van der Waals surface area contributed by atoms with E-state index in [9.17, 15) is 13.2 Å². The monoisotopic (exact) mass is 561 g/mol. The predicted octanol–water partition coefficient (Wildman–Crippen LogP) is 2.29. The first-order valence-electron chi connectivity index (χ1n) is 11.8. The Balaban J connectivity index is 1.35. The van der Waals surface area contributed by atoms with Gasteiger partial charge in [-0.3, -0.25) is 9.56 Å². The van der Waals surface area contributed by atoms with Gasteiger partial charge in [-0.15, -0.1) is 21.5 Å². The number of carbonyl (C=O) groups is 1. The summed E-state index contributed by atoms with van der Waals surface area (Å²) in [4.78, 5) is 20.4. The van der Waals surface area contributed by atoms with E-state index in [0.29, 0.717) is 37.7 Å². The lowest BCUT2D eigenvalue weighted by Crippen LogP contribution is -2.52. The third-order valence-electron chi connectivity index (χ3n) is 6.69. The van der Waals surface area contributed by atoms with Crippen molar-refractivity contribution in [2.24, 2.45) is 4.99 Å². The number of nitrogens with one attached hydrogen (secondary N) is 1. The minimum atomic E-state index is -3.94. The summed E-state index contributed by atoms with van der Waals surface area (Å²) in [5.74, 6) is 1.47. The smallest absolute Gasteiger partial charge is 0.332 e. The second-order valence-electron chi connectivity index (χ2n) is 8.92. The molecule has 6 rings (SSSR count). The van der Waals surface area contributed by atoms with E-state index < -0.39 is 16.2 Å². The van der Waals surface area contributed by atoms with E-state index in [0.717, 1.165) is 43.9 Å². The topological polar surface area (TPSA) is 122 Å². The molecule has 0 spiro atoms. The average molecular weight is 562 g/mol. The van der Waals surface area contributed by atoms with Gasteiger partial charge in [0.15, 0.2) is 5.82 Å². The van der Waals surface area contributed by atoms with E-state index >= 15 is 0 Å². The quantitative estimate of drug-likeness (QED) is 0.523. The van der Waals surface area contributed by atoms with E-state index in [4.69, 9.17) is 21.3 Å². The Bertz CT molecular complexity index is 1530. The van der Waals surface area contributed by atoms with Gasteiger partial charge in [0.1, 0.15) is 17.4 Å². The molecule has 14 heteroatoms. The Morgan fingerprint density at radius 1 is 1.16 bits per heavy atom. The number of aromatic nitrogens is 3. The van der Waals surface area contributed by atoms with Crippen LogP contribution in [0.3, 0.4) is 0 Å². The number of thiophene rings is 1. The number of aryl methyl sites for hydroxylation is 1. The third-order valence-corrected chi connectivity index (χ3v) is 9.70. The summed E-state index contributed by atoms with van der Waals surface area (Å²) in [5, 5.41) is 10.1. The van der Waals surface area contributed by atoms with Crippen LogP contribution < -0.4 is 4.72 Å². The van der Waals surface area contributed by atoms with Gasteiger partial charge >= 0.3 is 16.2 Å². The molecule has 0 atom stereocenters. The molecule has 37 heavy (non-hydrogen) atoms. The standard InChI is InChI=1S/C23H24ClN7O4S2/c1-14-26-27-19-12-25-21(15-4-2-3-5-17(15)24)20-16-6-7-29(13-18(16)36-22(20)31(14)19)23(32)28-37(33,34)30-8-10-35-11-9-30/h2-5H,6-13H2,1H3,(H,28,32). The summed E-state index contributed by atoms with van der Waals surface area (Å²) in [7, 11) is -3.94. The highest BCUT2D eigenvalue weighted by atomic mass is 35.5. The summed E-state index contributed by atoms with van der Waals surface area (Å²) in [6.07, 6.45) is 0.548. The first kappa shape index (κ1) is 24.5. The molecule has 3 aliphatic heterocycles. The van der Waals surface area contributed by atoms with Gasteiger partial charge in [-0.1, -0.05) is 29.8 Å². The zero-order valence-electron chi connectivity index (χ0n) is 20.0. The van der Waals surface area contributed by atoms with E-state index in [1.165, 1.54) is 9.21 Å². The number of hydrogen-bond donors (Lipinski definition) is 1. The lowest BCUT2D eigenvalue weighted by atomic mass is 9.95. The average Bonchev–Trinajstić information content (AvgIpc) is 3.40. The van der Waals surface area contributed by atoms with Crippen molar-refractivity contribution in [2.75, 3.05) is 32.8 Å². The Hall–Kier alpha value is -2.84. The van der Waals surface area contributed by atoms with Gasteiger partial charge in [-0.05, 0) is 25.0 Å². The lowest BCUT2D eigenvalue weighted by molar-refractivity contribution is 0.0725. The summed E-state index contributed by atoms with van der Waals surface area (Å²) in [5.41, 5.74) is 3.67. The highest BCUT2D eigenvalue weighted by Gasteiger charge is 2.35. The molecule has 0 radical (unpaired) electrons. The van der Waals surface area contributed by atoms with Gasteiger partial charge in [0.05, 0.1) is 25.5 Å². The van der Waals surface area contributed by atoms with Crippen molar-refractivity contribution in [3.63, 3.8) is 0 Å². The van der Waals surface area contributed by atoms with Gasteiger partial charge in [0.2, 0.25) is 0 Å². The van der Waals surface area contributed by atoms with Crippen LogP contribution in [-0.4, -0.2) is 77.0 Å². The Morgan fingerprint density at radius 2 is 1.95 bits per heavy atom. The minimum absolute atomic E-state index is 0.217. The molecule has 0 bridgehead atoms. The molecule has 5 heterocycles. The fourth-order valence-electron chi connectivity index (χ4n) is 4.87. The Labute approximate surface area is 222 Å². The number of benzene rings is 1. The number of hydrogen-bond acceptors (Lipinski definition) is 8. The summed E-state index contributed by atoms with van der Waals surface area (Å²) >= 11 is 8.14. The van der Waals surface area contributed by atoms with E-state index in [2.05, 4.69) is 14.9 Å². The summed E-state index contributed by atoms with van der Waals surface area (Å²) in [6.45, 7) is 3.96. The van der Waals surface area contributed by atoms with Crippen LogP contribution >= 0.6 is 22.9 Å². The number of amides is 2. The van der Waals surface area contributed by atoms with Gasteiger partial charge in [0, 0.05) is 40.7 Å². The summed E-state index contributed by atoms with van der Waals surface area (Å²) in [6, 6.07) is 6.97. The molecule has 1 N–H and O–H groups in total. The number of urea groups is 1. The predicted molar refractivity (Wildman–Crippen MR) is 139 cm³/mol. The van der Waals surface area contributed by atoms with Crippen LogP contribution in [0.15, 0.2) is 29.3 Å². The highest BCUT2D eigenvalue weighted by Crippen LogP contribution is 2.40. The molecule has 1 fully saturated rings. The molecule has 0 saturated carbocycles. The van der Waals surface area contributed by atoms with Crippen LogP contribution in [0.25, 0.3) is 5.00 Å². The molecule has 2 aromatic heterocycles. The maximum atomic E-state index is 13.0. The Morgan fingerprint density at radius 3 is 2.73 bits per heavy atom. The molecule has 11 nitrogen and oxygen atoms in total. The van der Waals surface area contributed by atoms with Crippen molar-refractivity contribution >= 4 is 44.9 Å². The van der Waals surface area contributed by atoms with Gasteiger partial charge in [-0.2, -0.15) is 12.7 Å². The van der Waals surface area contributed by atoms with Crippen molar-refractivity contribution in [1.29, 1.82) is 0 Å². The van der Waals surface area contributed by atoms with Crippen molar-refractivity contribution in [1.82, 2.24) is 28.7 Å². The molecule has 2 amide bonds. The number of ether oxygens (including phenoxy) is 1. The normalized spacial score (nSPS) is 17.9. The third kappa shape index (κ3) is 4.34. The molecular formula is C23H24ClN7O4S2. The lowest BCUT2D eigenvalue weighted by Gasteiger charge is -2.30. The summed E-state index contributed by atoms with van der Waals surface area (Å²) < 4.78 is 36.2. The van der Waals surface area contributed by atoms with Gasteiger partial charge in [0.25, 0.3) is 0 Å². The minimum Gasteiger partial charge on any atom is -0.379 e. The van der Waals surface area contributed by atoms with Crippen molar-refractivity contribution in [2.45, 2.75) is 26.4 Å². The maximum absolute atomic E-state index is 13.0. The number of rotatable bonds is 3. The Kier molecular flexibility index (Phi) is 6.27. The molecule has 1 saturated heterocycles. The first-order chi connectivity index (χ1) is 17.8. The van der Waals surface area contributed by atoms with Crippen LogP contribution in [0, 0.1) is 6.92 Å². The van der Waals surface area contributed by atoms with Crippen LogP contribution in [0.2, 0.25) is 5.02 Å². The number of carbonyl (C=O) groups excluding carboxylic acids is 1. The molecule has 0 unspecified atom stereocenters. The van der Waals surface area contributed by atoms with Crippen molar-refractivity contribution in [3.05, 3.63) is 62.5 Å². The largest absolute Gasteiger partial charge is 0.379 e. The number of halogens is 1. The van der Waals surface area contributed by atoms with Gasteiger partial charge in [-0.25, -0.2) is 9.52 Å². The fourth-order valence-corrected chi connectivity index (χ4v) is 7.63. The van der Waals surface area contributed by atoms with Crippen molar-refractivity contribution < 1.29 is 17.9 Å². The number of morpholine rings is 1. The molecular weight excluding hydrogens is 538 g/mol. The zero-order valence-corrected chi connectivity index (χ0v) is 22.4. The van der Waals surface area contributed by atoms with Crippen LogP contribution in [0.5, 0.6) is 0 Å². The van der Waals surface area contributed by atoms with Crippen LogP contribution in [-0.2, 0) is 34.5 Å². The van der Waals surface area contributed by atoms with Crippen LogP contribution in [0.1, 0.15) is 33.2 Å². The molecule has 194 valence electrons. The number of fused-ring (bicyclic) bond motifs is 5. The second kappa shape index (κ2) is 9.48. The van der Waals surface area contributed by atoms with Gasteiger partial charge < -0.3 is 9.64 Å². The van der Waals surface area contributed by atoms with E-state index in [1.54, 1.807) is 11.3 Å². The molecule has 3 aromatic rings. The highest BCUT2D eigenvalue weighted by molar-refractivity contribution is 7.87. The maximum Gasteiger partial charge on any atom is 0.332 e. The molecule has 1 aromatic carbocycles. The van der Waals surface area contributed by atoms with Crippen LogP contribution in [0.4, 0.5) is 4.79 Å². The second-order valence-corrected chi connectivity index (χ2v) is 12.1. The number of nitrogens with zero attached hydrogens (tertiary/aromatic N) is 6. The van der Waals surface area contributed by atoms with E-state index in [-0.39, 0.29) is 19.6 Å². The zero-order chi connectivity index (χ0) is 25.7. The molecule has 3 aliphatic rings. The SMILES string of the molecule is Cc1nnc2n1-c1sc3c(c1C(c1ccccc1Cl)=NC2)CCN(C(=O)NS(=O)(=O)N1CCOCC1)C3. The fraction of sp³-hybridized carbons (Fsp3) is 0.391. The first-order valence-corrected chi connectivity index (χ1v) is 14.5.